The first-order chi connectivity index (χ1) is 7.69. The normalized spacial score (nSPS) is 11.7. The van der Waals surface area contributed by atoms with Gasteiger partial charge in [-0.25, -0.2) is 0 Å². The molecule has 1 aromatic carbocycles. The van der Waals surface area contributed by atoms with E-state index in [0.29, 0.717) is 0 Å². The molecule has 1 aromatic rings. The molecule has 0 aliphatic carbocycles. The van der Waals surface area contributed by atoms with Gasteiger partial charge in [0.15, 0.2) is 0 Å². The van der Waals surface area contributed by atoms with Crippen LogP contribution in [0.4, 0.5) is 0 Å². The molecule has 0 heterocycles. The highest BCUT2D eigenvalue weighted by atomic mass is 16.5. The van der Waals surface area contributed by atoms with Gasteiger partial charge in [-0.3, -0.25) is 0 Å². The molecule has 0 aromatic heterocycles. The van der Waals surface area contributed by atoms with Crippen molar-refractivity contribution in [2.45, 2.75) is 26.2 Å². The molecule has 0 saturated carbocycles. The lowest BCUT2D eigenvalue weighted by atomic mass is 9.95. The van der Waals surface area contributed by atoms with Crippen LogP contribution in [-0.4, -0.2) is 14.2 Å². The standard InChI is InChI=1S/C13H17NO2/c1-5-10(8-14)11-6-7-12(15-3)9(2)13(11)16-4/h6-7,10H,5H2,1-4H3. The molecule has 1 unspecified atom stereocenters. The molecule has 0 bridgehead atoms. The topological polar surface area (TPSA) is 42.2 Å². The SMILES string of the molecule is CCC(C#N)c1ccc(OC)c(C)c1OC. The third-order valence-corrected chi connectivity index (χ3v) is 2.75. The zero-order chi connectivity index (χ0) is 12.1. The number of hydrogen-bond donors (Lipinski definition) is 0. The fraction of sp³-hybridized carbons (Fsp3) is 0.462. The molecule has 1 atom stereocenters. The summed E-state index contributed by atoms with van der Waals surface area (Å²) in [5, 5.41) is 9.08. The summed E-state index contributed by atoms with van der Waals surface area (Å²) in [5.74, 6) is 1.42. The molecular weight excluding hydrogens is 202 g/mol. The van der Waals surface area contributed by atoms with E-state index in [9.17, 15) is 0 Å². The molecule has 0 spiro atoms. The summed E-state index contributed by atoms with van der Waals surface area (Å²) in [6.07, 6.45) is 0.776. The second-order valence-corrected chi connectivity index (χ2v) is 3.61. The van der Waals surface area contributed by atoms with E-state index >= 15 is 0 Å². The van der Waals surface area contributed by atoms with Crippen LogP contribution >= 0.6 is 0 Å². The zero-order valence-electron chi connectivity index (χ0n) is 10.2. The average molecular weight is 219 g/mol. The maximum absolute atomic E-state index is 9.08. The fourth-order valence-corrected chi connectivity index (χ4v) is 1.84. The van der Waals surface area contributed by atoms with Crippen LogP contribution in [0.3, 0.4) is 0 Å². The maximum Gasteiger partial charge on any atom is 0.129 e. The molecular formula is C13H17NO2. The van der Waals surface area contributed by atoms with Gasteiger partial charge in [-0.15, -0.1) is 0 Å². The van der Waals surface area contributed by atoms with Crippen LogP contribution in [0.15, 0.2) is 12.1 Å². The van der Waals surface area contributed by atoms with Crippen LogP contribution < -0.4 is 9.47 Å². The summed E-state index contributed by atoms with van der Waals surface area (Å²) in [6, 6.07) is 6.07. The van der Waals surface area contributed by atoms with Crippen molar-refractivity contribution >= 4 is 0 Å². The average Bonchev–Trinajstić information content (AvgIpc) is 2.31. The van der Waals surface area contributed by atoms with E-state index in [0.717, 1.165) is 29.0 Å². The highest BCUT2D eigenvalue weighted by Crippen LogP contribution is 2.36. The van der Waals surface area contributed by atoms with Crippen LogP contribution in [0.25, 0.3) is 0 Å². The van der Waals surface area contributed by atoms with Crippen molar-refractivity contribution in [1.82, 2.24) is 0 Å². The van der Waals surface area contributed by atoms with Crippen LogP contribution in [-0.2, 0) is 0 Å². The largest absolute Gasteiger partial charge is 0.496 e. The molecule has 0 amide bonds. The number of benzene rings is 1. The van der Waals surface area contributed by atoms with E-state index in [4.69, 9.17) is 14.7 Å². The highest BCUT2D eigenvalue weighted by Gasteiger charge is 2.17. The second kappa shape index (κ2) is 5.41. The number of hydrogen-bond acceptors (Lipinski definition) is 3. The van der Waals surface area contributed by atoms with Crippen molar-refractivity contribution in [3.8, 4) is 17.6 Å². The number of methoxy groups -OCH3 is 2. The minimum absolute atomic E-state index is 0.125. The Morgan fingerprint density at radius 1 is 1.31 bits per heavy atom. The molecule has 16 heavy (non-hydrogen) atoms. The minimum Gasteiger partial charge on any atom is -0.496 e. The summed E-state index contributed by atoms with van der Waals surface area (Å²) in [4.78, 5) is 0. The predicted octanol–water partition coefficient (Wildman–Crippen LogP) is 3.03. The summed E-state index contributed by atoms with van der Waals surface area (Å²) < 4.78 is 10.6. The van der Waals surface area contributed by atoms with Crippen molar-refractivity contribution in [2.24, 2.45) is 0 Å². The smallest absolute Gasteiger partial charge is 0.129 e. The van der Waals surface area contributed by atoms with Gasteiger partial charge in [0.2, 0.25) is 0 Å². The van der Waals surface area contributed by atoms with Crippen molar-refractivity contribution in [1.29, 1.82) is 5.26 Å². The lowest BCUT2D eigenvalue weighted by molar-refractivity contribution is 0.384. The van der Waals surface area contributed by atoms with Crippen LogP contribution in [0.1, 0.15) is 30.4 Å². The molecule has 0 aliphatic rings. The number of nitrogens with zero attached hydrogens (tertiary/aromatic N) is 1. The molecule has 0 N–H and O–H groups in total. The van der Waals surface area contributed by atoms with E-state index in [1.54, 1.807) is 14.2 Å². The summed E-state index contributed by atoms with van der Waals surface area (Å²) in [6.45, 7) is 3.93. The summed E-state index contributed by atoms with van der Waals surface area (Å²) in [5.41, 5.74) is 1.88. The fourth-order valence-electron chi connectivity index (χ4n) is 1.84. The zero-order valence-corrected chi connectivity index (χ0v) is 10.2. The van der Waals surface area contributed by atoms with E-state index in [1.165, 1.54) is 0 Å². The van der Waals surface area contributed by atoms with Gasteiger partial charge in [-0.05, 0) is 19.4 Å². The molecule has 0 radical (unpaired) electrons. The van der Waals surface area contributed by atoms with Crippen LogP contribution in [0.2, 0.25) is 0 Å². The minimum atomic E-state index is -0.125. The van der Waals surface area contributed by atoms with Gasteiger partial charge in [-0.1, -0.05) is 13.0 Å². The first-order valence-corrected chi connectivity index (χ1v) is 5.30. The predicted molar refractivity (Wildman–Crippen MR) is 62.9 cm³/mol. The Hall–Kier alpha value is -1.69. The van der Waals surface area contributed by atoms with Gasteiger partial charge in [-0.2, -0.15) is 5.26 Å². The number of nitriles is 1. The summed E-state index contributed by atoms with van der Waals surface area (Å²) in [7, 11) is 3.25. The maximum atomic E-state index is 9.08. The first kappa shape index (κ1) is 12.4. The molecule has 1 rings (SSSR count). The Bertz CT molecular complexity index is 407. The van der Waals surface area contributed by atoms with E-state index in [-0.39, 0.29) is 5.92 Å². The molecule has 0 aliphatic heterocycles. The monoisotopic (exact) mass is 219 g/mol. The van der Waals surface area contributed by atoms with Gasteiger partial charge < -0.3 is 9.47 Å². The third kappa shape index (κ3) is 2.11. The Morgan fingerprint density at radius 3 is 2.44 bits per heavy atom. The Balaban J connectivity index is 3.31. The summed E-state index contributed by atoms with van der Waals surface area (Å²) >= 11 is 0. The molecule has 3 heteroatoms. The van der Waals surface area contributed by atoms with Crippen molar-refractivity contribution in [3.05, 3.63) is 23.3 Å². The van der Waals surface area contributed by atoms with Gasteiger partial charge in [0.05, 0.1) is 26.2 Å². The van der Waals surface area contributed by atoms with Gasteiger partial charge in [0, 0.05) is 11.1 Å². The lowest BCUT2D eigenvalue weighted by Gasteiger charge is -2.16. The quantitative estimate of drug-likeness (QED) is 0.781. The van der Waals surface area contributed by atoms with Crippen LogP contribution in [0.5, 0.6) is 11.5 Å². The van der Waals surface area contributed by atoms with Gasteiger partial charge in [0.1, 0.15) is 11.5 Å². The molecule has 86 valence electrons. The second-order valence-electron chi connectivity index (χ2n) is 3.61. The van der Waals surface area contributed by atoms with Gasteiger partial charge >= 0.3 is 0 Å². The lowest BCUT2D eigenvalue weighted by Crippen LogP contribution is -2.01. The van der Waals surface area contributed by atoms with E-state index in [2.05, 4.69) is 6.07 Å². The highest BCUT2D eigenvalue weighted by molar-refractivity contribution is 5.51. The molecule has 0 fully saturated rings. The number of ether oxygens (including phenoxy) is 2. The third-order valence-electron chi connectivity index (χ3n) is 2.75. The first-order valence-electron chi connectivity index (χ1n) is 5.30. The van der Waals surface area contributed by atoms with Crippen LogP contribution in [0, 0.1) is 18.3 Å². The van der Waals surface area contributed by atoms with E-state index in [1.807, 2.05) is 26.0 Å². The molecule has 0 saturated heterocycles. The Morgan fingerprint density at radius 2 is 2.00 bits per heavy atom. The Labute approximate surface area is 96.6 Å². The van der Waals surface area contributed by atoms with Crippen molar-refractivity contribution < 1.29 is 9.47 Å². The van der Waals surface area contributed by atoms with Crippen molar-refractivity contribution in [3.63, 3.8) is 0 Å². The van der Waals surface area contributed by atoms with E-state index < -0.39 is 0 Å². The van der Waals surface area contributed by atoms with Gasteiger partial charge in [0.25, 0.3) is 0 Å². The molecule has 3 nitrogen and oxygen atoms in total. The number of rotatable bonds is 4. The Kier molecular flexibility index (Phi) is 4.19. The van der Waals surface area contributed by atoms with Crippen molar-refractivity contribution in [2.75, 3.05) is 14.2 Å².